The Kier molecular flexibility index (Phi) is 9.23. The maximum atomic E-state index is 12.3. The number of carbonyl (C=O) groups excluding carboxylic acids is 1. The molecule has 11 nitrogen and oxygen atoms in total. The second-order valence-electron chi connectivity index (χ2n) is 11.0. The maximum absolute atomic E-state index is 12.3. The molecule has 1 saturated heterocycles. The van der Waals surface area contributed by atoms with E-state index in [1.807, 2.05) is 75.4 Å². The SMILES string of the molecule is CN(C(=O)O)S(=O)(=O)NCc1ccc2ccc(C#[N+]c3ccc(OC4CCN(C(=O)OC(C)(C)C)CC4)cc3)cc2c1. The summed E-state index contributed by atoms with van der Waals surface area (Å²) in [6, 6.07) is 21.6. The highest BCUT2D eigenvalue weighted by atomic mass is 32.2. The van der Waals surface area contributed by atoms with Crippen molar-refractivity contribution in [3.05, 3.63) is 76.6 Å². The highest BCUT2D eigenvalue weighted by Gasteiger charge is 2.27. The van der Waals surface area contributed by atoms with E-state index >= 15 is 0 Å². The van der Waals surface area contributed by atoms with Crippen LogP contribution in [-0.4, -0.2) is 66.8 Å². The van der Waals surface area contributed by atoms with Gasteiger partial charge in [-0.15, -0.1) is 0 Å². The van der Waals surface area contributed by atoms with E-state index in [9.17, 15) is 18.0 Å². The van der Waals surface area contributed by atoms with Crippen LogP contribution >= 0.6 is 0 Å². The van der Waals surface area contributed by atoms with Crippen LogP contribution in [0.1, 0.15) is 44.7 Å². The topological polar surface area (TPSA) is 130 Å². The average molecular weight is 596 g/mol. The van der Waals surface area contributed by atoms with E-state index in [1.54, 1.807) is 11.0 Å². The van der Waals surface area contributed by atoms with Crippen molar-refractivity contribution in [1.82, 2.24) is 13.9 Å². The first-order chi connectivity index (χ1) is 19.8. The van der Waals surface area contributed by atoms with Crippen LogP contribution in [0.15, 0.2) is 60.7 Å². The minimum Gasteiger partial charge on any atom is -0.490 e. The molecule has 0 atom stereocenters. The molecule has 222 valence electrons. The van der Waals surface area contributed by atoms with Crippen LogP contribution in [0, 0.1) is 6.07 Å². The molecule has 3 aromatic rings. The first-order valence-corrected chi connectivity index (χ1v) is 14.9. The Bertz CT molecular complexity index is 1620. The molecule has 0 bridgehead atoms. The van der Waals surface area contributed by atoms with Gasteiger partial charge in [0.1, 0.15) is 23.0 Å². The van der Waals surface area contributed by atoms with E-state index in [-0.39, 0.29) is 23.0 Å². The number of fused-ring (bicyclic) bond motifs is 1. The minimum absolute atomic E-state index is 0.0143. The summed E-state index contributed by atoms with van der Waals surface area (Å²) < 4.78 is 38.2. The van der Waals surface area contributed by atoms with E-state index in [1.165, 1.54) is 0 Å². The fraction of sp³-hybridized carbons (Fsp3) is 0.367. The Labute approximate surface area is 245 Å². The zero-order valence-corrected chi connectivity index (χ0v) is 24.8. The molecule has 0 aliphatic carbocycles. The van der Waals surface area contributed by atoms with Gasteiger partial charge in [-0.25, -0.2) is 9.59 Å². The van der Waals surface area contributed by atoms with E-state index in [2.05, 4.69) is 15.6 Å². The standard InChI is InChI=1S/C30H34N4O7S/c1-30(2,3)41-29(37)34-15-13-27(14-16-34)40-26-11-9-25(10-12-26)31-19-21-5-7-23-8-6-22(18-24(23)17-21)20-32-42(38,39)33(4)28(35)36/h5-12,17-18,27,32H,13-16,20H2,1-4H3/p+1. The molecule has 0 aromatic heterocycles. The van der Waals surface area contributed by atoms with Gasteiger partial charge in [0.2, 0.25) is 0 Å². The predicted octanol–water partition coefficient (Wildman–Crippen LogP) is 5.58. The number of nitrogens with one attached hydrogen (secondary N) is 1. The molecular weight excluding hydrogens is 560 g/mol. The van der Waals surface area contributed by atoms with Gasteiger partial charge in [0, 0.05) is 51.7 Å². The van der Waals surface area contributed by atoms with E-state index < -0.39 is 21.9 Å². The lowest BCUT2D eigenvalue weighted by atomic mass is 10.0. The molecule has 1 fully saturated rings. The first-order valence-electron chi connectivity index (χ1n) is 13.5. The molecule has 0 saturated carbocycles. The first kappa shape index (κ1) is 30.6. The Morgan fingerprint density at radius 2 is 1.71 bits per heavy atom. The quantitative estimate of drug-likeness (QED) is 0.381. The summed E-state index contributed by atoms with van der Waals surface area (Å²) in [6.07, 6.45) is -0.399. The van der Waals surface area contributed by atoms with Crippen molar-refractivity contribution in [2.75, 3.05) is 20.1 Å². The smallest absolute Gasteiger partial charge is 0.421 e. The van der Waals surface area contributed by atoms with Crippen LogP contribution in [0.3, 0.4) is 0 Å². The monoisotopic (exact) mass is 595 g/mol. The molecule has 42 heavy (non-hydrogen) atoms. The number of carboxylic acid groups (broad SMARTS) is 1. The maximum Gasteiger partial charge on any atom is 0.421 e. The third-order valence-electron chi connectivity index (χ3n) is 6.54. The molecule has 0 radical (unpaired) electrons. The summed E-state index contributed by atoms with van der Waals surface area (Å²) >= 11 is 0. The van der Waals surface area contributed by atoms with Crippen LogP contribution < -0.4 is 9.46 Å². The van der Waals surface area contributed by atoms with Crippen LogP contribution in [0.5, 0.6) is 5.75 Å². The van der Waals surface area contributed by atoms with Gasteiger partial charge in [-0.3, -0.25) is 0 Å². The van der Waals surface area contributed by atoms with Gasteiger partial charge in [0.05, 0.1) is 0 Å². The Morgan fingerprint density at radius 1 is 1.05 bits per heavy atom. The fourth-order valence-electron chi connectivity index (χ4n) is 4.25. The minimum atomic E-state index is -4.15. The van der Waals surface area contributed by atoms with E-state index in [4.69, 9.17) is 14.6 Å². The second kappa shape index (κ2) is 12.7. The number of amides is 2. The largest absolute Gasteiger partial charge is 0.490 e. The van der Waals surface area contributed by atoms with Crippen LogP contribution in [0.25, 0.3) is 15.6 Å². The second-order valence-corrected chi connectivity index (χ2v) is 12.8. The van der Waals surface area contributed by atoms with Gasteiger partial charge in [0.15, 0.2) is 0 Å². The molecule has 4 rings (SSSR count). The lowest BCUT2D eigenvalue weighted by molar-refractivity contribution is 0.0126. The number of ether oxygens (including phenoxy) is 2. The number of hydrogen-bond acceptors (Lipinski definition) is 6. The number of carbonyl (C=O) groups is 2. The third kappa shape index (κ3) is 8.34. The molecule has 1 heterocycles. The average Bonchev–Trinajstić information content (AvgIpc) is 2.94. The Morgan fingerprint density at radius 3 is 2.36 bits per heavy atom. The lowest BCUT2D eigenvalue weighted by Crippen LogP contribution is -2.44. The number of benzene rings is 3. The van der Waals surface area contributed by atoms with Crippen molar-refractivity contribution in [2.24, 2.45) is 0 Å². The number of likely N-dealkylation sites (tertiary alicyclic amines) is 1. The van der Waals surface area contributed by atoms with Crippen LogP contribution in [-0.2, 0) is 21.5 Å². The molecule has 3 aromatic carbocycles. The van der Waals surface area contributed by atoms with Crippen molar-refractivity contribution in [3.8, 4) is 11.8 Å². The summed E-state index contributed by atoms with van der Waals surface area (Å²) in [5.74, 6) is 0.730. The van der Waals surface area contributed by atoms with Gasteiger partial charge >= 0.3 is 34.2 Å². The van der Waals surface area contributed by atoms with E-state index in [0.29, 0.717) is 24.3 Å². The van der Waals surface area contributed by atoms with Crippen LogP contribution in [0.4, 0.5) is 15.3 Å². The molecule has 1 aliphatic heterocycles. The normalized spacial score (nSPS) is 14.1. The van der Waals surface area contributed by atoms with Crippen molar-refractivity contribution in [1.29, 1.82) is 0 Å². The molecule has 2 amide bonds. The van der Waals surface area contributed by atoms with Crippen molar-refractivity contribution in [3.63, 3.8) is 0 Å². The summed E-state index contributed by atoms with van der Waals surface area (Å²) in [7, 11) is -3.19. The molecule has 1 aliphatic rings. The zero-order valence-electron chi connectivity index (χ0n) is 24.0. The summed E-state index contributed by atoms with van der Waals surface area (Å²) in [6.45, 7) is 6.68. The molecule has 12 heteroatoms. The molecule has 0 unspecified atom stereocenters. The zero-order chi connectivity index (χ0) is 30.5. The highest BCUT2D eigenvalue weighted by molar-refractivity contribution is 7.87. The number of hydrogen-bond donors (Lipinski definition) is 2. The lowest BCUT2D eigenvalue weighted by Gasteiger charge is -2.33. The summed E-state index contributed by atoms with van der Waals surface area (Å²) in [4.78, 5) is 29.4. The summed E-state index contributed by atoms with van der Waals surface area (Å²) in [5.41, 5.74) is 1.60. The molecular formula is C30H35N4O7S+. The third-order valence-corrected chi connectivity index (χ3v) is 7.93. The van der Waals surface area contributed by atoms with Crippen molar-refractivity contribution >= 4 is 38.9 Å². The number of nitrogens with zero attached hydrogens (tertiary/aromatic N) is 3. The van der Waals surface area contributed by atoms with Gasteiger partial charge < -0.3 is 19.5 Å². The number of rotatable bonds is 6. The Hall–Kier alpha value is -4.34. The van der Waals surface area contributed by atoms with Crippen molar-refractivity contribution in [2.45, 2.75) is 51.9 Å². The predicted molar refractivity (Wildman–Crippen MR) is 159 cm³/mol. The van der Waals surface area contributed by atoms with Crippen molar-refractivity contribution < 1.29 is 32.6 Å². The molecule has 2 N–H and O–H groups in total. The molecule has 0 spiro atoms. The Balaban J connectivity index is 1.34. The highest BCUT2D eigenvalue weighted by Crippen LogP contribution is 2.24. The van der Waals surface area contributed by atoms with Crippen LogP contribution in [0.2, 0.25) is 0 Å². The summed E-state index contributed by atoms with van der Waals surface area (Å²) in [5, 5.41) is 10.7. The van der Waals surface area contributed by atoms with Gasteiger partial charge in [-0.05, 0) is 72.3 Å². The van der Waals surface area contributed by atoms with Gasteiger partial charge in [-0.2, -0.15) is 17.4 Å². The van der Waals surface area contributed by atoms with Gasteiger partial charge in [-0.1, -0.05) is 18.2 Å². The van der Waals surface area contributed by atoms with E-state index in [0.717, 1.165) is 42.0 Å². The fourth-order valence-corrected chi connectivity index (χ4v) is 5.00. The van der Waals surface area contributed by atoms with Gasteiger partial charge in [0.25, 0.3) is 0 Å². The number of piperidine rings is 1.